The second-order valence-electron chi connectivity index (χ2n) is 3.78. The lowest BCUT2D eigenvalue weighted by molar-refractivity contribution is -0.187. The van der Waals surface area contributed by atoms with E-state index in [9.17, 15) is 27.6 Å². The van der Waals surface area contributed by atoms with Gasteiger partial charge in [-0.05, 0) is 0 Å². The van der Waals surface area contributed by atoms with Crippen LogP contribution in [0.4, 0.5) is 18.0 Å². The second kappa shape index (κ2) is 5.23. The van der Waals surface area contributed by atoms with Crippen molar-refractivity contribution in [2.45, 2.75) is 18.6 Å². The van der Waals surface area contributed by atoms with Gasteiger partial charge in [0.1, 0.15) is 6.29 Å². The third-order valence-electron chi connectivity index (χ3n) is 2.63. The van der Waals surface area contributed by atoms with E-state index in [1.807, 2.05) is 0 Å². The van der Waals surface area contributed by atoms with E-state index >= 15 is 0 Å². The Bertz CT molecular complexity index is 358. The second-order valence-corrected chi connectivity index (χ2v) is 3.78. The molecule has 0 radical (unpaired) electrons. The van der Waals surface area contributed by atoms with Gasteiger partial charge in [0, 0.05) is 26.1 Å². The Hall–Kier alpha value is -1.80. The number of hydrogen-bond acceptors (Lipinski definition) is 3. The summed E-state index contributed by atoms with van der Waals surface area (Å²) in [7, 11) is 0. The molecule has 0 aliphatic carbocycles. The maximum absolute atomic E-state index is 12.2. The Morgan fingerprint density at radius 3 is 2.39 bits per heavy atom. The molecular weight excluding hydrogens is 257 g/mol. The number of carbonyl (C=O) groups excluding carboxylic acids is 2. The summed E-state index contributed by atoms with van der Waals surface area (Å²) in [5.41, 5.74) is 0. The van der Waals surface area contributed by atoms with Crippen LogP contribution in [0.5, 0.6) is 0 Å². The van der Waals surface area contributed by atoms with Crippen molar-refractivity contribution in [3.05, 3.63) is 0 Å². The van der Waals surface area contributed by atoms with Gasteiger partial charge in [0.2, 0.25) is 0 Å². The lowest BCUT2D eigenvalue weighted by Crippen LogP contribution is -2.58. The quantitative estimate of drug-likeness (QED) is 0.732. The highest BCUT2D eigenvalue weighted by atomic mass is 19.4. The molecule has 18 heavy (non-hydrogen) atoms. The predicted molar refractivity (Wildman–Crippen MR) is 51.8 cm³/mol. The van der Waals surface area contributed by atoms with Gasteiger partial charge in [0.05, 0.1) is 6.04 Å². The molecule has 1 unspecified atom stereocenters. The first-order chi connectivity index (χ1) is 8.27. The predicted octanol–water partition coefficient (Wildman–Crippen LogP) is 0.328. The van der Waals surface area contributed by atoms with Crippen LogP contribution in [0.25, 0.3) is 0 Å². The molecule has 1 heterocycles. The molecule has 0 bridgehead atoms. The van der Waals surface area contributed by atoms with E-state index in [1.54, 1.807) is 0 Å². The summed E-state index contributed by atoms with van der Waals surface area (Å²) in [6, 6.07) is -0.931. The molecule has 1 N–H and O–H groups in total. The van der Waals surface area contributed by atoms with Crippen molar-refractivity contribution in [2.24, 2.45) is 0 Å². The average molecular weight is 268 g/mol. The molecule has 1 rings (SSSR count). The number of amides is 2. The zero-order valence-electron chi connectivity index (χ0n) is 9.18. The van der Waals surface area contributed by atoms with E-state index in [1.165, 1.54) is 0 Å². The fourth-order valence-electron chi connectivity index (χ4n) is 1.78. The first-order valence-electron chi connectivity index (χ1n) is 5.06. The molecule has 0 aromatic heterocycles. The number of carbonyl (C=O) groups is 3. The van der Waals surface area contributed by atoms with Crippen molar-refractivity contribution in [3.63, 3.8) is 0 Å². The Balaban J connectivity index is 2.77. The summed E-state index contributed by atoms with van der Waals surface area (Å²) < 4.78 is 36.6. The van der Waals surface area contributed by atoms with Gasteiger partial charge in [-0.3, -0.25) is 4.79 Å². The van der Waals surface area contributed by atoms with Crippen LogP contribution in [0.1, 0.15) is 6.42 Å². The van der Waals surface area contributed by atoms with E-state index in [0.717, 1.165) is 4.90 Å². The van der Waals surface area contributed by atoms with E-state index in [2.05, 4.69) is 0 Å². The molecule has 1 atom stereocenters. The lowest BCUT2D eigenvalue weighted by Gasteiger charge is -2.39. The molecule has 1 aliphatic heterocycles. The van der Waals surface area contributed by atoms with Crippen molar-refractivity contribution in [1.82, 2.24) is 9.80 Å². The summed E-state index contributed by atoms with van der Waals surface area (Å²) >= 11 is 0. The van der Waals surface area contributed by atoms with E-state index < -0.39 is 30.8 Å². The lowest BCUT2D eigenvalue weighted by atomic mass is 10.1. The molecule has 0 spiro atoms. The van der Waals surface area contributed by atoms with Gasteiger partial charge in [-0.2, -0.15) is 13.2 Å². The third-order valence-corrected chi connectivity index (χ3v) is 2.63. The topological polar surface area (TPSA) is 77.9 Å². The van der Waals surface area contributed by atoms with Crippen molar-refractivity contribution in [3.8, 4) is 0 Å². The molecule has 102 valence electrons. The minimum atomic E-state index is -4.99. The fourth-order valence-corrected chi connectivity index (χ4v) is 1.78. The van der Waals surface area contributed by atoms with Crippen LogP contribution < -0.4 is 0 Å². The standard InChI is InChI=1S/C9H11F3N2O4/c10-9(11,12)7(16)13-2-3-14(8(17)18)6(5-13)1-4-15/h4,6H,1-3,5H2,(H,17,18). The largest absolute Gasteiger partial charge is 0.471 e. The summed E-state index contributed by atoms with van der Waals surface area (Å²) in [5, 5.41) is 8.80. The van der Waals surface area contributed by atoms with Crippen LogP contribution in [-0.4, -0.2) is 65.0 Å². The van der Waals surface area contributed by atoms with Crippen molar-refractivity contribution >= 4 is 18.3 Å². The number of alkyl halides is 3. The fraction of sp³-hybridized carbons (Fsp3) is 0.667. The van der Waals surface area contributed by atoms with Gasteiger partial charge < -0.3 is 19.7 Å². The Kier molecular flexibility index (Phi) is 4.15. The summed E-state index contributed by atoms with van der Waals surface area (Å²) in [5.74, 6) is -2.01. The highest BCUT2D eigenvalue weighted by Gasteiger charge is 2.45. The SMILES string of the molecule is O=CCC1CN(C(=O)C(F)(F)F)CCN1C(=O)O. The number of rotatable bonds is 2. The third kappa shape index (κ3) is 3.11. The highest BCUT2D eigenvalue weighted by molar-refractivity contribution is 5.82. The van der Waals surface area contributed by atoms with Crippen molar-refractivity contribution in [2.75, 3.05) is 19.6 Å². The van der Waals surface area contributed by atoms with Gasteiger partial charge in [-0.25, -0.2) is 4.79 Å². The molecule has 0 aromatic carbocycles. The summed E-state index contributed by atoms with van der Waals surface area (Å²) in [6.07, 6.45) is -6.13. The smallest absolute Gasteiger partial charge is 0.465 e. The van der Waals surface area contributed by atoms with Gasteiger partial charge in [-0.15, -0.1) is 0 Å². The average Bonchev–Trinajstić information content (AvgIpc) is 2.26. The van der Waals surface area contributed by atoms with Crippen LogP contribution in [0.3, 0.4) is 0 Å². The number of piperazine rings is 1. The Labute approximate surface area is 99.9 Å². The normalized spacial score (nSPS) is 20.7. The zero-order chi connectivity index (χ0) is 13.9. The highest BCUT2D eigenvalue weighted by Crippen LogP contribution is 2.21. The maximum atomic E-state index is 12.2. The molecule has 1 aliphatic rings. The monoisotopic (exact) mass is 268 g/mol. The number of halogens is 3. The molecule has 6 nitrogen and oxygen atoms in total. The van der Waals surface area contributed by atoms with E-state index in [0.29, 0.717) is 11.2 Å². The molecular formula is C9H11F3N2O4. The van der Waals surface area contributed by atoms with E-state index in [-0.39, 0.29) is 19.5 Å². The van der Waals surface area contributed by atoms with Gasteiger partial charge in [0.25, 0.3) is 0 Å². The molecule has 0 aromatic rings. The van der Waals surface area contributed by atoms with Gasteiger partial charge >= 0.3 is 18.2 Å². The molecule has 9 heteroatoms. The van der Waals surface area contributed by atoms with Crippen LogP contribution in [0.2, 0.25) is 0 Å². The van der Waals surface area contributed by atoms with Gasteiger partial charge in [0.15, 0.2) is 0 Å². The van der Waals surface area contributed by atoms with Crippen molar-refractivity contribution in [1.29, 1.82) is 0 Å². The van der Waals surface area contributed by atoms with Crippen LogP contribution in [-0.2, 0) is 9.59 Å². The zero-order valence-corrected chi connectivity index (χ0v) is 9.18. The minimum absolute atomic E-state index is 0.240. The molecule has 0 saturated carbocycles. The number of carboxylic acid groups (broad SMARTS) is 1. The summed E-state index contributed by atoms with van der Waals surface area (Å²) in [4.78, 5) is 33.6. The molecule has 1 saturated heterocycles. The Morgan fingerprint density at radius 2 is 1.94 bits per heavy atom. The van der Waals surface area contributed by atoms with Crippen LogP contribution in [0, 0.1) is 0 Å². The maximum Gasteiger partial charge on any atom is 0.471 e. The number of aldehydes is 1. The number of nitrogens with zero attached hydrogens (tertiary/aromatic N) is 2. The Morgan fingerprint density at radius 1 is 1.33 bits per heavy atom. The first kappa shape index (κ1) is 14.3. The van der Waals surface area contributed by atoms with Crippen molar-refractivity contribution < 1.29 is 32.7 Å². The van der Waals surface area contributed by atoms with E-state index in [4.69, 9.17) is 5.11 Å². The molecule has 2 amide bonds. The molecule has 1 fully saturated rings. The van der Waals surface area contributed by atoms with Gasteiger partial charge in [-0.1, -0.05) is 0 Å². The van der Waals surface area contributed by atoms with Crippen LogP contribution in [0.15, 0.2) is 0 Å². The first-order valence-corrected chi connectivity index (χ1v) is 5.06. The van der Waals surface area contributed by atoms with Crippen LogP contribution >= 0.6 is 0 Å². The number of hydrogen-bond donors (Lipinski definition) is 1. The minimum Gasteiger partial charge on any atom is -0.465 e. The summed E-state index contributed by atoms with van der Waals surface area (Å²) in [6.45, 7) is -1.00.